The molecule has 2 heterocycles. The second-order valence-electron chi connectivity index (χ2n) is 7.27. The molecule has 1 aliphatic heterocycles. The number of rotatable bonds is 5. The topological polar surface area (TPSA) is 77.5 Å². The third-order valence-electron chi connectivity index (χ3n) is 5.32. The van der Waals surface area contributed by atoms with E-state index in [2.05, 4.69) is 15.6 Å². The molecule has 1 aliphatic carbocycles. The number of hydrogen-bond acceptors (Lipinski definition) is 5. The van der Waals surface area contributed by atoms with Gasteiger partial charge >= 0.3 is 0 Å². The van der Waals surface area contributed by atoms with E-state index in [0.717, 1.165) is 44.6 Å². The molecule has 3 rings (SSSR count). The second-order valence-corrected chi connectivity index (χ2v) is 7.27. The summed E-state index contributed by atoms with van der Waals surface area (Å²) in [6.07, 6.45) is 5.20. The Morgan fingerprint density at radius 1 is 1.29 bits per heavy atom. The molecule has 0 unspecified atom stereocenters. The van der Waals surface area contributed by atoms with Crippen molar-refractivity contribution in [3.63, 3.8) is 0 Å². The lowest BCUT2D eigenvalue weighted by Gasteiger charge is -2.43. The van der Waals surface area contributed by atoms with Gasteiger partial charge in [0.15, 0.2) is 0 Å². The third-order valence-corrected chi connectivity index (χ3v) is 5.32. The van der Waals surface area contributed by atoms with Crippen LogP contribution >= 0.6 is 0 Å². The molecule has 24 heavy (non-hydrogen) atoms. The highest BCUT2D eigenvalue weighted by Crippen LogP contribution is 2.35. The third kappa shape index (κ3) is 3.87. The van der Waals surface area contributed by atoms with Crippen LogP contribution in [-0.4, -0.2) is 55.3 Å². The molecular formula is C18H28N4O2. The molecule has 1 aromatic rings. The minimum absolute atomic E-state index is 0.0577. The standard InChI is InChI=1S/C18H28N4O2/c1-22(2)16-4-3-13(11-20-16)18(24)21-17(14-9-15(23)10-14)12-5-7-19-8-6-12/h3-4,11-12,14-15,17,19,23H,5-10H2,1-2H3,(H,21,24)/t14?,15?,17-/m0/s1. The fraction of sp³-hybridized carbons (Fsp3) is 0.667. The number of nitrogens with zero attached hydrogens (tertiary/aromatic N) is 2. The van der Waals surface area contributed by atoms with Gasteiger partial charge in [0.25, 0.3) is 5.91 Å². The molecule has 2 fully saturated rings. The minimum Gasteiger partial charge on any atom is -0.393 e. The van der Waals surface area contributed by atoms with Crippen LogP contribution < -0.4 is 15.5 Å². The van der Waals surface area contributed by atoms with E-state index in [1.807, 2.05) is 31.1 Å². The highest BCUT2D eigenvalue weighted by molar-refractivity contribution is 5.94. The van der Waals surface area contributed by atoms with Gasteiger partial charge in [0.1, 0.15) is 5.82 Å². The van der Waals surface area contributed by atoms with Gasteiger partial charge in [-0.3, -0.25) is 4.79 Å². The Labute approximate surface area is 143 Å². The van der Waals surface area contributed by atoms with E-state index in [1.165, 1.54) is 0 Å². The molecule has 1 aromatic heterocycles. The van der Waals surface area contributed by atoms with Gasteiger partial charge in [0.05, 0.1) is 11.7 Å². The summed E-state index contributed by atoms with van der Waals surface area (Å²) >= 11 is 0. The maximum absolute atomic E-state index is 12.7. The number of aliphatic hydroxyl groups excluding tert-OH is 1. The Bertz CT molecular complexity index is 549. The highest BCUT2D eigenvalue weighted by atomic mass is 16.3. The summed E-state index contributed by atoms with van der Waals surface area (Å²) in [5.41, 5.74) is 0.597. The van der Waals surface area contributed by atoms with Gasteiger partial charge in [0.2, 0.25) is 0 Å². The average Bonchev–Trinajstić information content (AvgIpc) is 2.58. The van der Waals surface area contributed by atoms with Crippen LogP contribution in [0.5, 0.6) is 0 Å². The summed E-state index contributed by atoms with van der Waals surface area (Å²) in [5, 5.41) is 16.3. The molecule has 6 nitrogen and oxygen atoms in total. The maximum atomic E-state index is 12.7. The predicted molar refractivity (Wildman–Crippen MR) is 94.1 cm³/mol. The first-order valence-electron chi connectivity index (χ1n) is 8.87. The van der Waals surface area contributed by atoms with Crippen molar-refractivity contribution in [1.29, 1.82) is 0 Å². The first-order chi connectivity index (χ1) is 11.5. The Kier molecular flexibility index (Phi) is 5.36. The number of aliphatic hydroxyl groups is 1. The molecule has 132 valence electrons. The van der Waals surface area contributed by atoms with Gasteiger partial charge in [-0.15, -0.1) is 0 Å². The van der Waals surface area contributed by atoms with Crippen molar-refractivity contribution in [1.82, 2.24) is 15.6 Å². The van der Waals surface area contributed by atoms with Crippen molar-refractivity contribution in [3.05, 3.63) is 23.9 Å². The van der Waals surface area contributed by atoms with Gasteiger partial charge < -0.3 is 20.6 Å². The van der Waals surface area contributed by atoms with Crippen LogP contribution in [0.3, 0.4) is 0 Å². The summed E-state index contributed by atoms with van der Waals surface area (Å²) in [6.45, 7) is 2.01. The molecule has 1 saturated carbocycles. The summed E-state index contributed by atoms with van der Waals surface area (Å²) in [6, 6.07) is 3.84. The first-order valence-corrected chi connectivity index (χ1v) is 8.87. The number of hydrogen-bond donors (Lipinski definition) is 3. The number of amides is 1. The molecule has 1 amide bonds. The Balaban J connectivity index is 1.67. The first kappa shape index (κ1) is 17.2. The summed E-state index contributed by atoms with van der Waals surface area (Å²) in [4.78, 5) is 18.9. The van der Waals surface area contributed by atoms with Crippen LogP contribution in [0.25, 0.3) is 0 Å². The number of aromatic nitrogens is 1. The zero-order chi connectivity index (χ0) is 17.1. The van der Waals surface area contributed by atoms with Gasteiger partial charge in [0, 0.05) is 26.3 Å². The Hall–Kier alpha value is -1.66. The Morgan fingerprint density at radius 2 is 2.00 bits per heavy atom. The molecule has 6 heteroatoms. The van der Waals surface area contributed by atoms with Gasteiger partial charge in [-0.2, -0.15) is 0 Å². The van der Waals surface area contributed by atoms with Gasteiger partial charge in [-0.25, -0.2) is 4.98 Å². The van der Waals surface area contributed by atoms with Crippen molar-refractivity contribution in [3.8, 4) is 0 Å². The van der Waals surface area contributed by atoms with E-state index in [9.17, 15) is 9.90 Å². The predicted octanol–water partition coefficient (Wildman–Crippen LogP) is 1.02. The molecule has 2 aliphatic rings. The van der Waals surface area contributed by atoms with E-state index in [-0.39, 0.29) is 18.1 Å². The van der Waals surface area contributed by atoms with Gasteiger partial charge in [-0.1, -0.05) is 0 Å². The molecule has 0 radical (unpaired) electrons. The van der Waals surface area contributed by atoms with Crippen molar-refractivity contribution in [2.75, 3.05) is 32.1 Å². The van der Waals surface area contributed by atoms with E-state index >= 15 is 0 Å². The smallest absolute Gasteiger partial charge is 0.253 e. The van der Waals surface area contributed by atoms with Crippen LogP contribution in [-0.2, 0) is 0 Å². The lowest BCUT2D eigenvalue weighted by atomic mass is 9.71. The van der Waals surface area contributed by atoms with Crippen molar-refractivity contribution >= 4 is 11.7 Å². The molecular weight excluding hydrogens is 304 g/mol. The van der Waals surface area contributed by atoms with Gasteiger partial charge in [-0.05, 0) is 62.7 Å². The quantitative estimate of drug-likeness (QED) is 0.750. The van der Waals surface area contributed by atoms with Crippen LogP contribution in [0, 0.1) is 11.8 Å². The maximum Gasteiger partial charge on any atom is 0.253 e. The molecule has 1 atom stereocenters. The monoisotopic (exact) mass is 332 g/mol. The van der Waals surface area contributed by atoms with Crippen LogP contribution in [0.2, 0.25) is 0 Å². The number of pyridine rings is 1. The number of piperidine rings is 1. The van der Waals surface area contributed by atoms with E-state index in [0.29, 0.717) is 17.4 Å². The zero-order valence-corrected chi connectivity index (χ0v) is 14.5. The van der Waals surface area contributed by atoms with E-state index < -0.39 is 0 Å². The molecule has 0 bridgehead atoms. The van der Waals surface area contributed by atoms with Crippen LogP contribution in [0.4, 0.5) is 5.82 Å². The lowest BCUT2D eigenvalue weighted by molar-refractivity contribution is 0.00918. The highest BCUT2D eigenvalue weighted by Gasteiger charge is 2.39. The largest absolute Gasteiger partial charge is 0.393 e. The van der Waals surface area contributed by atoms with Crippen LogP contribution in [0.15, 0.2) is 18.3 Å². The van der Waals surface area contributed by atoms with Crippen molar-refractivity contribution in [2.45, 2.75) is 37.8 Å². The normalized spacial score (nSPS) is 25.6. The Morgan fingerprint density at radius 3 is 2.54 bits per heavy atom. The van der Waals surface area contributed by atoms with Crippen molar-refractivity contribution in [2.24, 2.45) is 11.8 Å². The molecule has 1 saturated heterocycles. The second kappa shape index (κ2) is 7.49. The van der Waals surface area contributed by atoms with Crippen LogP contribution in [0.1, 0.15) is 36.0 Å². The average molecular weight is 332 g/mol. The number of anilines is 1. The SMILES string of the molecule is CN(C)c1ccc(C(=O)N[C@@H](C2CCNCC2)C2CC(O)C2)cn1. The summed E-state index contributed by atoms with van der Waals surface area (Å²) in [5.74, 6) is 1.66. The van der Waals surface area contributed by atoms with Crippen molar-refractivity contribution < 1.29 is 9.90 Å². The zero-order valence-electron chi connectivity index (χ0n) is 14.5. The number of nitrogens with one attached hydrogen (secondary N) is 2. The minimum atomic E-state index is -0.197. The van der Waals surface area contributed by atoms with E-state index in [1.54, 1.807) is 6.20 Å². The summed E-state index contributed by atoms with van der Waals surface area (Å²) in [7, 11) is 3.86. The molecule has 0 spiro atoms. The fourth-order valence-electron chi connectivity index (χ4n) is 3.77. The fourth-order valence-corrected chi connectivity index (χ4v) is 3.77. The molecule has 0 aromatic carbocycles. The molecule has 3 N–H and O–H groups in total. The van der Waals surface area contributed by atoms with E-state index in [4.69, 9.17) is 0 Å². The summed E-state index contributed by atoms with van der Waals surface area (Å²) < 4.78 is 0. The lowest BCUT2D eigenvalue weighted by Crippen LogP contribution is -2.52. The number of carbonyl (C=O) groups excluding carboxylic acids is 1. The number of carbonyl (C=O) groups is 1.